The first kappa shape index (κ1) is 15.5. The molecule has 7 heteroatoms. The van der Waals surface area contributed by atoms with Gasteiger partial charge in [0.25, 0.3) is 0 Å². The highest BCUT2D eigenvalue weighted by Crippen LogP contribution is 2.31. The van der Waals surface area contributed by atoms with Gasteiger partial charge < -0.3 is 14.8 Å². The number of halogens is 2. The van der Waals surface area contributed by atoms with Gasteiger partial charge in [-0.15, -0.1) is 11.3 Å². The number of alkyl halides is 2. The molecule has 4 nitrogen and oxygen atoms in total. The molecule has 0 aliphatic heterocycles. The number of hydrogen-bond donors (Lipinski definition) is 1. The van der Waals surface area contributed by atoms with E-state index in [-0.39, 0.29) is 5.75 Å². The standard InChI is InChI=1S/C14H16F2N2O2S/c1-3-13-18-8-10(21-13)7-17-11-6-9(19-2)4-5-12(11)20-14(15)16/h4-6,8,14,17H,3,7H2,1-2H3. The van der Waals surface area contributed by atoms with Crippen LogP contribution in [0.3, 0.4) is 0 Å². The Hall–Kier alpha value is -1.89. The van der Waals surface area contributed by atoms with Crippen molar-refractivity contribution in [2.75, 3.05) is 12.4 Å². The molecule has 0 aliphatic rings. The number of ether oxygens (including phenoxy) is 2. The minimum absolute atomic E-state index is 0.0889. The van der Waals surface area contributed by atoms with Crippen molar-refractivity contribution in [1.82, 2.24) is 4.98 Å². The summed E-state index contributed by atoms with van der Waals surface area (Å²) in [5, 5.41) is 4.12. The summed E-state index contributed by atoms with van der Waals surface area (Å²) in [5.41, 5.74) is 0.459. The molecule has 0 aliphatic carbocycles. The second kappa shape index (κ2) is 7.21. The molecule has 114 valence electrons. The summed E-state index contributed by atoms with van der Waals surface area (Å²) >= 11 is 1.59. The highest BCUT2D eigenvalue weighted by Gasteiger charge is 2.11. The third-order valence-electron chi connectivity index (χ3n) is 2.76. The highest BCUT2D eigenvalue weighted by molar-refractivity contribution is 7.11. The zero-order valence-electron chi connectivity index (χ0n) is 11.7. The van der Waals surface area contributed by atoms with Crippen LogP contribution in [0.15, 0.2) is 24.4 Å². The summed E-state index contributed by atoms with van der Waals surface area (Å²) in [5.74, 6) is 0.656. The van der Waals surface area contributed by atoms with Crippen molar-refractivity contribution in [1.29, 1.82) is 0 Å². The third-order valence-corrected chi connectivity index (χ3v) is 3.90. The lowest BCUT2D eigenvalue weighted by atomic mass is 10.2. The Morgan fingerprint density at radius 1 is 1.38 bits per heavy atom. The number of aryl methyl sites for hydroxylation is 1. The molecule has 21 heavy (non-hydrogen) atoms. The minimum atomic E-state index is -2.87. The second-order valence-electron chi connectivity index (χ2n) is 4.17. The molecule has 0 spiro atoms. The van der Waals surface area contributed by atoms with Crippen molar-refractivity contribution in [3.8, 4) is 11.5 Å². The van der Waals surface area contributed by atoms with Gasteiger partial charge >= 0.3 is 6.61 Å². The van der Waals surface area contributed by atoms with E-state index in [0.29, 0.717) is 18.0 Å². The van der Waals surface area contributed by atoms with Gasteiger partial charge in [-0.25, -0.2) is 4.98 Å². The first-order valence-corrected chi connectivity index (χ1v) is 7.24. The molecule has 0 amide bonds. The van der Waals surface area contributed by atoms with E-state index >= 15 is 0 Å². The third kappa shape index (κ3) is 4.29. The van der Waals surface area contributed by atoms with E-state index < -0.39 is 6.61 Å². The zero-order chi connectivity index (χ0) is 15.2. The van der Waals surface area contributed by atoms with Crippen LogP contribution in [-0.4, -0.2) is 18.7 Å². The van der Waals surface area contributed by atoms with Crippen LogP contribution in [0.2, 0.25) is 0 Å². The molecule has 1 N–H and O–H groups in total. The fourth-order valence-electron chi connectivity index (χ4n) is 1.75. The topological polar surface area (TPSA) is 43.4 Å². The first-order valence-electron chi connectivity index (χ1n) is 6.42. The first-order chi connectivity index (χ1) is 10.1. The summed E-state index contributed by atoms with van der Waals surface area (Å²) in [6.07, 6.45) is 2.66. The number of rotatable bonds is 7. The molecule has 0 saturated heterocycles. The van der Waals surface area contributed by atoms with Gasteiger partial charge in [-0.3, -0.25) is 0 Å². The van der Waals surface area contributed by atoms with Crippen molar-refractivity contribution in [3.63, 3.8) is 0 Å². The Balaban J connectivity index is 2.12. The zero-order valence-corrected chi connectivity index (χ0v) is 12.5. The molecule has 0 bridgehead atoms. The largest absolute Gasteiger partial charge is 0.497 e. The summed E-state index contributed by atoms with van der Waals surface area (Å²) in [7, 11) is 1.52. The predicted molar refractivity (Wildman–Crippen MR) is 78.4 cm³/mol. The van der Waals surface area contributed by atoms with Gasteiger partial charge in [-0.1, -0.05) is 6.92 Å². The molecule has 0 radical (unpaired) electrons. The maximum Gasteiger partial charge on any atom is 0.387 e. The van der Waals surface area contributed by atoms with E-state index in [4.69, 9.17) is 4.74 Å². The SMILES string of the molecule is CCc1ncc(CNc2cc(OC)ccc2OC(F)F)s1. The molecule has 0 atom stereocenters. The Labute approximate surface area is 125 Å². The van der Waals surface area contributed by atoms with Crippen LogP contribution in [0.1, 0.15) is 16.8 Å². The Bertz CT molecular complexity index is 590. The maximum atomic E-state index is 12.4. The molecular formula is C14H16F2N2O2S. The van der Waals surface area contributed by atoms with E-state index in [9.17, 15) is 8.78 Å². The highest BCUT2D eigenvalue weighted by atomic mass is 32.1. The number of methoxy groups -OCH3 is 1. The Morgan fingerprint density at radius 2 is 2.19 bits per heavy atom. The van der Waals surface area contributed by atoms with Crippen LogP contribution in [0, 0.1) is 0 Å². The number of anilines is 1. The maximum absolute atomic E-state index is 12.4. The molecule has 1 aromatic carbocycles. The van der Waals surface area contributed by atoms with Gasteiger partial charge in [0.05, 0.1) is 24.3 Å². The number of thiazole rings is 1. The average Bonchev–Trinajstić information content (AvgIpc) is 2.93. The Kier molecular flexibility index (Phi) is 5.32. The lowest BCUT2D eigenvalue weighted by Gasteiger charge is -2.13. The van der Waals surface area contributed by atoms with Crippen LogP contribution < -0.4 is 14.8 Å². The molecule has 0 unspecified atom stereocenters. The predicted octanol–water partition coefficient (Wildman–Crippen LogP) is 3.93. The van der Waals surface area contributed by atoms with Gasteiger partial charge in [0.1, 0.15) is 11.5 Å². The summed E-state index contributed by atoms with van der Waals surface area (Å²) in [4.78, 5) is 5.28. The quantitative estimate of drug-likeness (QED) is 0.841. The van der Waals surface area contributed by atoms with Crippen LogP contribution >= 0.6 is 11.3 Å². The molecule has 2 rings (SSSR count). The number of nitrogens with one attached hydrogen (secondary N) is 1. The summed E-state index contributed by atoms with van der Waals surface area (Å²) in [6.45, 7) is -0.342. The lowest BCUT2D eigenvalue weighted by molar-refractivity contribution is -0.0493. The smallest absolute Gasteiger partial charge is 0.387 e. The van der Waals surface area contributed by atoms with Gasteiger partial charge in [-0.2, -0.15) is 8.78 Å². The van der Waals surface area contributed by atoms with Crippen molar-refractivity contribution in [2.24, 2.45) is 0 Å². The molecular weight excluding hydrogens is 298 g/mol. The fourth-order valence-corrected chi connectivity index (χ4v) is 2.55. The lowest BCUT2D eigenvalue weighted by Crippen LogP contribution is -2.06. The summed E-state index contributed by atoms with van der Waals surface area (Å²) < 4.78 is 34.4. The van der Waals surface area contributed by atoms with Crippen molar-refractivity contribution >= 4 is 17.0 Å². The molecule has 0 saturated carbocycles. The second-order valence-corrected chi connectivity index (χ2v) is 5.37. The van der Waals surface area contributed by atoms with Crippen LogP contribution in [0.5, 0.6) is 11.5 Å². The van der Waals surface area contributed by atoms with Crippen molar-refractivity contribution < 1.29 is 18.3 Å². The fraction of sp³-hybridized carbons (Fsp3) is 0.357. The van der Waals surface area contributed by atoms with E-state index in [1.54, 1.807) is 29.7 Å². The van der Waals surface area contributed by atoms with Crippen molar-refractivity contribution in [2.45, 2.75) is 26.5 Å². The monoisotopic (exact) mass is 314 g/mol. The van der Waals surface area contributed by atoms with Gasteiger partial charge in [0.15, 0.2) is 0 Å². The minimum Gasteiger partial charge on any atom is -0.497 e. The molecule has 2 aromatic rings. The van der Waals surface area contributed by atoms with Gasteiger partial charge in [0.2, 0.25) is 0 Å². The van der Waals surface area contributed by atoms with E-state index in [1.807, 2.05) is 6.92 Å². The van der Waals surface area contributed by atoms with Crippen LogP contribution in [0.25, 0.3) is 0 Å². The van der Waals surface area contributed by atoms with E-state index in [1.165, 1.54) is 13.2 Å². The van der Waals surface area contributed by atoms with Gasteiger partial charge in [0, 0.05) is 17.1 Å². The number of nitrogens with zero attached hydrogens (tertiary/aromatic N) is 1. The number of aromatic nitrogens is 1. The van der Waals surface area contributed by atoms with E-state index in [0.717, 1.165) is 16.3 Å². The molecule has 1 heterocycles. The van der Waals surface area contributed by atoms with Crippen LogP contribution in [0.4, 0.5) is 14.5 Å². The van der Waals surface area contributed by atoms with Crippen LogP contribution in [-0.2, 0) is 13.0 Å². The van der Waals surface area contributed by atoms with E-state index in [2.05, 4.69) is 15.0 Å². The number of benzene rings is 1. The number of hydrogen-bond acceptors (Lipinski definition) is 5. The Morgan fingerprint density at radius 3 is 2.81 bits per heavy atom. The molecule has 1 aromatic heterocycles. The van der Waals surface area contributed by atoms with Crippen molar-refractivity contribution in [3.05, 3.63) is 34.3 Å². The van der Waals surface area contributed by atoms with Gasteiger partial charge in [-0.05, 0) is 18.6 Å². The molecule has 0 fully saturated rings. The summed E-state index contributed by atoms with van der Waals surface area (Å²) in [6, 6.07) is 4.65. The normalized spacial score (nSPS) is 10.7. The average molecular weight is 314 g/mol.